The fourth-order valence-electron chi connectivity index (χ4n) is 2.75. The summed E-state index contributed by atoms with van der Waals surface area (Å²) in [6, 6.07) is 5.12. The lowest BCUT2D eigenvalue weighted by molar-refractivity contribution is 0.0705. The summed E-state index contributed by atoms with van der Waals surface area (Å²) in [6.45, 7) is 6.19. The first-order valence-electron chi connectivity index (χ1n) is 8.62. The highest BCUT2D eigenvalue weighted by molar-refractivity contribution is 5.94. The second-order valence-corrected chi connectivity index (χ2v) is 6.66. The van der Waals surface area contributed by atoms with Crippen molar-refractivity contribution in [1.82, 2.24) is 25.0 Å². The molecule has 0 saturated heterocycles. The van der Waals surface area contributed by atoms with Gasteiger partial charge in [-0.1, -0.05) is 13.8 Å². The van der Waals surface area contributed by atoms with Crippen LogP contribution in [0.1, 0.15) is 40.4 Å². The van der Waals surface area contributed by atoms with Gasteiger partial charge in [0.05, 0.1) is 31.5 Å². The number of rotatable bonds is 5. The molecule has 138 valence electrons. The van der Waals surface area contributed by atoms with Crippen molar-refractivity contribution < 1.29 is 14.3 Å². The van der Waals surface area contributed by atoms with E-state index in [1.54, 1.807) is 27.8 Å². The summed E-state index contributed by atoms with van der Waals surface area (Å²) >= 11 is 0. The highest BCUT2D eigenvalue weighted by atomic mass is 16.5. The summed E-state index contributed by atoms with van der Waals surface area (Å²) in [6.07, 6.45) is 1.51. The zero-order valence-corrected chi connectivity index (χ0v) is 15.2. The van der Waals surface area contributed by atoms with E-state index in [2.05, 4.69) is 15.4 Å². The number of amides is 2. The molecular weight excluding hydrogens is 334 g/mol. The Morgan fingerprint density at radius 3 is 2.77 bits per heavy atom. The van der Waals surface area contributed by atoms with Gasteiger partial charge < -0.3 is 15.0 Å². The number of pyridine rings is 1. The molecule has 0 radical (unpaired) electrons. The zero-order chi connectivity index (χ0) is 18.7. The van der Waals surface area contributed by atoms with Crippen molar-refractivity contribution in [2.75, 3.05) is 20.2 Å². The van der Waals surface area contributed by atoms with E-state index < -0.39 is 0 Å². The molecule has 2 amide bonds. The van der Waals surface area contributed by atoms with Crippen LogP contribution in [0.5, 0.6) is 5.88 Å². The Hall–Kier alpha value is -2.90. The lowest BCUT2D eigenvalue weighted by Gasteiger charge is -2.27. The van der Waals surface area contributed by atoms with Crippen LogP contribution >= 0.6 is 0 Å². The molecule has 1 aliphatic rings. The Labute approximate surface area is 152 Å². The number of nitrogens with one attached hydrogen (secondary N) is 1. The van der Waals surface area contributed by atoms with Crippen molar-refractivity contribution in [3.05, 3.63) is 41.3 Å². The summed E-state index contributed by atoms with van der Waals surface area (Å²) in [4.78, 5) is 30.7. The Morgan fingerprint density at radius 2 is 2.12 bits per heavy atom. The van der Waals surface area contributed by atoms with Crippen molar-refractivity contribution in [2.45, 2.75) is 26.9 Å². The van der Waals surface area contributed by atoms with E-state index in [0.29, 0.717) is 49.2 Å². The molecular formula is C18H23N5O3. The molecule has 0 bridgehead atoms. The Kier molecular flexibility index (Phi) is 5.20. The van der Waals surface area contributed by atoms with Crippen LogP contribution in [0.4, 0.5) is 0 Å². The van der Waals surface area contributed by atoms with Crippen LogP contribution in [0, 0.1) is 5.92 Å². The molecule has 3 rings (SSSR count). The number of nitrogens with zero attached hydrogens (tertiary/aromatic N) is 4. The summed E-state index contributed by atoms with van der Waals surface area (Å²) in [5.74, 6) is 0.564. The van der Waals surface area contributed by atoms with Gasteiger partial charge in [-0.05, 0) is 18.1 Å². The van der Waals surface area contributed by atoms with Gasteiger partial charge >= 0.3 is 0 Å². The van der Waals surface area contributed by atoms with Gasteiger partial charge in [-0.2, -0.15) is 5.10 Å². The van der Waals surface area contributed by atoms with Crippen LogP contribution < -0.4 is 10.1 Å². The molecule has 1 aliphatic heterocycles. The highest BCUT2D eigenvalue weighted by Gasteiger charge is 2.25. The number of hydrogen-bond donors (Lipinski definition) is 1. The molecule has 0 saturated carbocycles. The van der Waals surface area contributed by atoms with Gasteiger partial charge in [0, 0.05) is 25.4 Å². The number of methoxy groups -OCH3 is 1. The summed E-state index contributed by atoms with van der Waals surface area (Å²) in [5.41, 5.74) is 1.75. The van der Waals surface area contributed by atoms with Crippen molar-refractivity contribution in [2.24, 2.45) is 5.92 Å². The maximum absolute atomic E-state index is 12.7. The third kappa shape index (κ3) is 3.84. The van der Waals surface area contributed by atoms with Crippen molar-refractivity contribution in [3.8, 4) is 5.88 Å². The quantitative estimate of drug-likeness (QED) is 0.872. The third-order valence-electron chi connectivity index (χ3n) is 4.18. The fourth-order valence-corrected chi connectivity index (χ4v) is 2.75. The molecule has 0 unspecified atom stereocenters. The van der Waals surface area contributed by atoms with Crippen LogP contribution in [0.15, 0.2) is 24.4 Å². The topological polar surface area (TPSA) is 89.4 Å². The van der Waals surface area contributed by atoms with Crippen LogP contribution in [0.2, 0.25) is 0 Å². The zero-order valence-electron chi connectivity index (χ0n) is 15.2. The van der Waals surface area contributed by atoms with E-state index in [-0.39, 0.29) is 11.8 Å². The molecule has 0 fully saturated rings. The van der Waals surface area contributed by atoms with E-state index in [0.717, 1.165) is 5.69 Å². The largest absolute Gasteiger partial charge is 0.481 e. The predicted octanol–water partition coefficient (Wildman–Crippen LogP) is 1.33. The number of fused-ring (bicyclic) bond motifs is 1. The monoisotopic (exact) mass is 357 g/mol. The summed E-state index contributed by atoms with van der Waals surface area (Å²) < 4.78 is 6.81. The molecule has 8 heteroatoms. The Balaban J connectivity index is 1.69. The van der Waals surface area contributed by atoms with Gasteiger partial charge in [0.15, 0.2) is 5.69 Å². The molecule has 2 aromatic heterocycles. The number of carbonyl (C=O) groups is 2. The van der Waals surface area contributed by atoms with Crippen molar-refractivity contribution in [3.63, 3.8) is 0 Å². The number of hydrogen-bond acceptors (Lipinski definition) is 5. The first-order chi connectivity index (χ1) is 12.5. The highest BCUT2D eigenvalue weighted by Crippen LogP contribution is 2.17. The normalized spacial score (nSPS) is 13.5. The van der Waals surface area contributed by atoms with Crippen LogP contribution in [-0.4, -0.2) is 51.7 Å². The standard InChI is InChI=1S/C18H23N5O3/c1-12(2)9-20-17(24)15-8-14-11-22(6-7-23(14)21-15)18(25)13-4-5-16(26-3)19-10-13/h4-5,8,10,12H,6-7,9,11H2,1-3H3,(H,20,24). The van der Waals surface area contributed by atoms with Gasteiger partial charge in [0.25, 0.3) is 11.8 Å². The smallest absolute Gasteiger partial charge is 0.271 e. The second kappa shape index (κ2) is 7.55. The maximum Gasteiger partial charge on any atom is 0.271 e. The maximum atomic E-state index is 12.7. The Bertz CT molecular complexity index is 798. The molecule has 0 aliphatic carbocycles. The number of ether oxygens (including phenoxy) is 1. The average molecular weight is 357 g/mol. The summed E-state index contributed by atoms with van der Waals surface area (Å²) in [7, 11) is 1.53. The lowest BCUT2D eigenvalue weighted by Crippen LogP contribution is -2.38. The third-order valence-corrected chi connectivity index (χ3v) is 4.18. The van der Waals surface area contributed by atoms with E-state index in [1.165, 1.54) is 13.3 Å². The van der Waals surface area contributed by atoms with E-state index in [9.17, 15) is 9.59 Å². The fraction of sp³-hybridized carbons (Fsp3) is 0.444. The van der Waals surface area contributed by atoms with E-state index >= 15 is 0 Å². The second-order valence-electron chi connectivity index (χ2n) is 6.66. The SMILES string of the molecule is COc1ccc(C(=O)N2CCn3nc(C(=O)NCC(C)C)cc3C2)cn1. The van der Waals surface area contributed by atoms with Gasteiger partial charge in [-0.3, -0.25) is 14.3 Å². The minimum Gasteiger partial charge on any atom is -0.481 e. The molecule has 3 heterocycles. The lowest BCUT2D eigenvalue weighted by atomic mass is 10.2. The minimum absolute atomic E-state index is 0.0987. The molecule has 2 aromatic rings. The summed E-state index contributed by atoms with van der Waals surface area (Å²) in [5, 5.41) is 7.22. The minimum atomic E-state index is -0.183. The van der Waals surface area contributed by atoms with Gasteiger partial charge in [-0.25, -0.2) is 4.98 Å². The molecule has 0 atom stereocenters. The molecule has 8 nitrogen and oxygen atoms in total. The molecule has 26 heavy (non-hydrogen) atoms. The van der Waals surface area contributed by atoms with Crippen LogP contribution in [-0.2, 0) is 13.1 Å². The van der Waals surface area contributed by atoms with Crippen LogP contribution in [0.25, 0.3) is 0 Å². The van der Waals surface area contributed by atoms with Gasteiger partial charge in [-0.15, -0.1) is 0 Å². The Morgan fingerprint density at radius 1 is 1.31 bits per heavy atom. The van der Waals surface area contributed by atoms with Gasteiger partial charge in [0.2, 0.25) is 5.88 Å². The number of carbonyl (C=O) groups excluding carboxylic acids is 2. The van der Waals surface area contributed by atoms with E-state index in [4.69, 9.17) is 4.74 Å². The van der Waals surface area contributed by atoms with Crippen molar-refractivity contribution >= 4 is 11.8 Å². The van der Waals surface area contributed by atoms with Crippen LogP contribution in [0.3, 0.4) is 0 Å². The number of aromatic nitrogens is 3. The van der Waals surface area contributed by atoms with E-state index in [1.807, 2.05) is 13.8 Å². The first-order valence-corrected chi connectivity index (χ1v) is 8.62. The molecule has 1 N–H and O–H groups in total. The first kappa shape index (κ1) is 17.9. The predicted molar refractivity (Wildman–Crippen MR) is 94.9 cm³/mol. The average Bonchev–Trinajstić information content (AvgIpc) is 3.09. The van der Waals surface area contributed by atoms with Gasteiger partial charge in [0.1, 0.15) is 0 Å². The van der Waals surface area contributed by atoms with Crippen molar-refractivity contribution in [1.29, 1.82) is 0 Å². The molecule has 0 aromatic carbocycles. The molecule has 0 spiro atoms.